The number of aliphatic hydroxyl groups is 1. The van der Waals surface area contributed by atoms with Gasteiger partial charge in [0, 0.05) is 12.2 Å². The third-order valence-corrected chi connectivity index (χ3v) is 5.72. The van der Waals surface area contributed by atoms with Crippen molar-refractivity contribution in [3.63, 3.8) is 0 Å². The van der Waals surface area contributed by atoms with E-state index in [1.165, 1.54) is 31.4 Å². The molecule has 0 aliphatic carbocycles. The van der Waals surface area contributed by atoms with E-state index in [1.807, 2.05) is 0 Å². The van der Waals surface area contributed by atoms with Crippen molar-refractivity contribution in [2.45, 2.75) is 17.5 Å². The fourth-order valence-electron chi connectivity index (χ4n) is 2.38. The Morgan fingerprint density at radius 3 is 2.31 bits per heavy atom. The maximum Gasteiger partial charge on any atom is 0.324 e. The number of nitrogen functional groups attached to an aromatic ring is 1. The summed E-state index contributed by atoms with van der Waals surface area (Å²) in [6, 6.07) is 10.4. The highest BCUT2D eigenvalue weighted by molar-refractivity contribution is 7.89. The Morgan fingerprint density at radius 1 is 1.19 bits per heavy atom. The second kappa shape index (κ2) is 8.17. The number of aliphatic carboxylic acids is 1. The Balaban J connectivity index is 2.50. The predicted molar refractivity (Wildman–Crippen MR) is 95.1 cm³/mol. The van der Waals surface area contributed by atoms with Gasteiger partial charge in [-0.3, -0.25) is 4.79 Å². The van der Waals surface area contributed by atoms with Crippen LogP contribution in [0.1, 0.15) is 5.56 Å². The van der Waals surface area contributed by atoms with Crippen LogP contribution < -0.4 is 10.5 Å². The molecule has 0 aliphatic heterocycles. The van der Waals surface area contributed by atoms with Gasteiger partial charge in [-0.1, -0.05) is 18.2 Å². The number of nitrogens with zero attached hydrogens (tertiary/aromatic N) is 1. The van der Waals surface area contributed by atoms with Gasteiger partial charge in [-0.2, -0.15) is 4.31 Å². The summed E-state index contributed by atoms with van der Waals surface area (Å²) in [6.45, 7) is -1.17. The number of carboxylic acid groups (broad SMARTS) is 1. The smallest absolute Gasteiger partial charge is 0.324 e. The third-order valence-electron chi connectivity index (χ3n) is 3.85. The number of ether oxygens (including phenoxy) is 1. The number of carbonyl (C=O) groups is 1. The van der Waals surface area contributed by atoms with Gasteiger partial charge in [-0.25, -0.2) is 8.42 Å². The quantitative estimate of drug-likeness (QED) is 0.580. The number of hydrogen-bond donors (Lipinski definition) is 3. The minimum atomic E-state index is -4.22. The van der Waals surface area contributed by atoms with Crippen LogP contribution in [0.5, 0.6) is 5.75 Å². The Bertz CT molecular complexity index is 867. The zero-order valence-corrected chi connectivity index (χ0v) is 14.9. The van der Waals surface area contributed by atoms with Crippen LogP contribution in [0.25, 0.3) is 0 Å². The number of aliphatic hydroxyl groups excluding tert-OH is 1. The number of carboxylic acids is 1. The number of methoxy groups -OCH3 is 1. The Labute approximate surface area is 151 Å². The van der Waals surface area contributed by atoms with Crippen molar-refractivity contribution in [1.82, 2.24) is 4.31 Å². The van der Waals surface area contributed by atoms with E-state index in [9.17, 15) is 23.4 Å². The molecule has 0 saturated heterocycles. The van der Waals surface area contributed by atoms with E-state index in [1.54, 1.807) is 24.3 Å². The lowest BCUT2D eigenvalue weighted by Crippen LogP contribution is -2.46. The molecule has 0 amide bonds. The summed E-state index contributed by atoms with van der Waals surface area (Å²) < 4.78 is 31.8. The van der Waals surface area contributed by atoms with Gasteiger partial charge >= 0.3 is 5.97 Å². The first-order valence-corrected chi connectivity index (χ1v) is 9.08. The SMILES string of the molecule is COc1ccc(S(=O)(=O)N(Cc2ccccc2N)C(CO)C(=O)O)cc1. The van der Waals surface area contributed by atoms with E-state index in [-0.39, 0.29) is 11.4 Å². The fraction of sp³-hybridized carbons (Fsp3) is 0.235. The molecule has 2 aromatic carbocycles. The highest BCUT2D eigenvalue weighted by Crippen LogP contribution is 2.25. The fourth-order valence-corrected chi connectivity index (χ4v) is 3.94. The van der Waals surface area contributed by atoms with E-state index < -0.39 is 28.6 Å². The average molecular weight is 380 g/mol. The first kappa shape index (κ1) is 19.7. The number of rotatable bonds is 8. The van der Waals surface area contributed by atoms with E-state index in [4.69, 9.17) is 10.5 Å². The molecule has 8 nitrogen and oxygen atoms in total. The van der Waals surface area contributed by atoms with Crippen molar-refractivity contribution < 1.29 is 28.2 Å². The summed E-state index contributed by atoms with van der Waals surface area (Å²) in [7, 11) is -2.77. The van der Waals surface area contributed by atoms with Gasteiger partial charge in [0.15, 0.2) is 0 Å². The molecule has 2 aromatic rings. The molecule has 0 spiro atoms. The van der Waals surface area contributed by atoms with E-state index in [2.05, 4.69) is 0 Å². The van der Waals surface area contributed by atoms with E-state index >= 15 is 0 Å². The zero-order chi connectivity index (χ0) is 19.3. The van der Waals surface area contributed by atoms with Crippen LogP contribution in [0, 0.1) is 0 Å². The minimum absolute atomic E-state index is 0.118. The number of para-hydroxylation sites is 1. The summed E-state index contributed by atoms with van der Waals surface area (Å²) in [5.41, 5.74) is 6.62. The molecule has 0 aromatic heterocycles. The molecule has 0 heterocycles. The first-order chi connectivity index (χ1) is 12.3. The number of sulfonamides is 1. The van der Waals surface area contributed by atoms with Crippen molar-refractivity contribution in [1.29, 1.82) is 0 Å². The van der Waals surface area contributed by atoms with Crippen molar-refractivity contribution >= 4 is 21.7 Å². The molecule has 0 saturated carbocycles. The van der Waals surface area contributed by atoms with Crippen LogP contribution in [-0.4, -0.2) is 48.7 Å². The second-order valence-electron chi connectivity index (χ2n) is 5.46. The molecule has 0 aliphatic rings. The molecule has 0 radical (unpaired) electrons. The van der Waals surface area contributed by atoms with Crippen molar-refractivity contribution in [2.75, 3.05) is 19.5 Å². The molecule has 1 atom stereocenters. The maximum absolute atomic E-state index is 13.0. The summed E-state index contributed by atoms with van der Waals surface area (Å²) >= 11 is 0. The molecule has 0 fully saturated rings. The predicted octanol–water partition coefficient (Wildman–Crippen LogP) is 0.914. The van der Waals surface area contributed by atoms with Crippen molar-refractivity contribution in [3.05, 3.63) is 54.1 Å². The lowest BCUT2D eigenvalue weighted by atomic mass is 10.1. The summed E-state index contributed by atoms with van der Waals surface area (Å²) in [5, 5.41) is 18.8. The maximum atomic E-state index is 13.0. The zero-order valence-electron chi connectivity index (χ0n) is 14.1. The Kier molecular flexibility index (Phi) is 6.19. The molecule has 140 valence electrons. The minimum Gasteiger partial charge on any atom is -0.497 e. The number of hydrogen-bond acceptors (Lipinski definition) is 6. The number of benzene rings is 2. The Morgan fingerprint density at radius 2 is 1.81 bits per heavy atom. The lowest BCUT2D eigenvalue weighted by Gasteiger charge is -2.27. The van der Waals surface area contributed by atoms with Crippen molar-refractivity contribution in [3.8, 4) is 5.75 Å². The summed E-state index contributed by atoms with van der Waals surface area (Å²) in [6.07, 6.45) is 0. The van der Waals surface area contributed by atoms with Crippen LogP contribution in [0.3, 0.4) is 0 Å². The average Bonchev–Trinajstić information content (AvgIpc) is 2.62. The van der Waals surface area contributed by atoms with Crippen LogP contribution in [0.2, 0.25) is 0 Å². The molecule has 2 rings (SSSR count). The normalized spacial score (nSPS) is 12.7. The molecule has 9 heteroatoms. The molecule has 1 unspecified atom stereocenters. The van der Waals surface area contributed by atoms with Gasteiger partial charge in [0.2, 0.25) is 10.0 Å². The molecular weight excluding hydrogens is 360 g/mol. The van der Waals surface area contributed by atoms with Gasteiger partial charge in [-0.05, 0) is 35.9 Å². The molecule has 4 N–H and O–H groups in total. The topological polar surface area (TPSA) is 130 Å². The van der Waals surface area contributed by atoms with Gasteiger partial charge in [0.1, 0.15) is 11.8 Å². The molecule has 26 heavy (non-hydrogen) atoms. The number of nitrogens with two attached hydrogens (primary N) is 1. The first-order valence-electron chi connectivity index (χ1n) is 7.64. The third kappa shape index (κ3) is 4.13. The van der Waals surface area contributed by atoms with Gasteiger partial charge < -0.3 is 20.7 Å². The van der Waals surface area contributed by atoms with Crippen LogP contribution in [-0.2, 0) is 21.4 Å². The monoisotopic (exact) mass is 380 g/mol. The van der Waals surface area contributed by atoms with Crippen LogP contribution in [0.15, 0.2) is 53.4 Å². The number of anilines is 1. The van der Waals surface area contributed by atoms with Crippen LogP contribution >= 0.6 is 0 Å². The summed E-state index contributed by atoms with van der Waals surface area (Å²) in [5.74, 6) is -1.00. The lowest BCUT2D eigenvalue weighted by molar-refractivity contribution is -0.142. The second-order valence-corrected chi connectivity index (χ2v) is 7.35. The van der Waals surface area contributed by atoms with Crippen molar-refractivity contribution in [2.24, 2.45) is 0 Å². The highest BCUT2D eigenvalue weighted by Gasteiger charge is 2.36. The van der Waals surface area contributed by atoms with Gasteiger partial charge in [-0.15, -0.1) is 0 Å². The largest absolute Gasteiger partial charge is 0.497 e. The standard InChI is InChI=1S/C17H20N2O6S/c1-25-13-6-8-14(9-7-13)26(23,24)19(16(11-20)17(21)22)10-12-4-2-3-5-15(12)18/h2-9,16,20H,10-11,18H2,1H3,(H,21,22). The van der Waals surface area contributed by atoms with Gasteiger partial charge in [0.25, 0.3) is 0 Å². The molecular formula is C17H20N2O6S. The van der Waals surface area contributed by atoms with E-state index in [0.29, 0.717) is 17.0 Å². The van der Waals surface area contributed by atoms with E-state index in [0.717, 1.165) is 4.31 Å². The molecule has 0 bridgehead atoms. The Hall–Kier alpha value is -2.62. The summed E-state index contributed by atoms with van der Waals surface area (Å²) in [4.78, 5) is 11.4. The van der Waals surface area contributed by atoms with Gasteiger partial charge in [0.05, 0.1) is 18.6 Å². The highest BCUT2D eigenvalue weighted by atomic mass is 32.2. The van der Waals surface area contributed by atoms with Crippen LogP contribution in [0.4, 0.5) is 5.69 Å².